The average molecular weight is 311 g/mol. The molecule has 0 aliphatic rings. The van der Waals surface area contributed by atoms with E-state index in [1.807, 2.05) is 13.8 Å². The molecule has 106 valence electrons. The molecule has 0 N–H and O–H groups in total. The van der Waals surface area contributed by atoms with Crippen molar-refractivity contribution in [2.24, 2.45) is 0 Å². The quantitative estimate of drug-likeness (QED) is 0.811. The summed E-state index contributed by atoms with van der Waals surface area (Å²) in [6, 6.07) is 4.83. The van der Waals surface area contributed by atoms with Crippen LogP contribution in [0, 0.1) is 13.8 Å². The third-order valence-electron chi connectivity index (χ3n) is 3.28. The van der Waals surface area contributed by atoms with Crippen LogP contribution in [-0.4, -0.2) is 15.7 Å². The highest BCUT2D eigenvalue weighted by molar-refractivity contribution is 6.36. The zero-order valence-corrected chi connectivity index (χ0v) is 13.4. The van der Waals surface area contributed by atoms with Crippen LogP contribution in [0.3, 0.4) is 0 Å². The van der Waals surface area contributed by atoms with Crippen LogP contribution in [0.1, 0.15) is 47.1 Å². The molecule has 5 heteroatoms. The van der Waals surface area contributed by atoms with Crippen molar-refractivity contribution in [1.82, 2.24) is 9.78 Å². The number of hydrogen-bond donors (Lipinski definition) is 0. The molecule has 0 aliphatic carbocycles. The zero-order chi connectivity index (χ0) is 15.0. The van der Waals surface area contributed by atoms with Crippen LogP contribution in [0.4, 0.5) is 0 Å². The Morgan fingerprint density at radius 3 is 2.40 bits per heavy atom. The molecule has 1 heterocycles. The molecule has 0 bridgehead atoms. The highest BCUT2D eigenvalue weighted by atomic mass is 35.5. The number of aryl methyl sites for hydroxylation is 1. The van der Waals surface area contributed by atoms with Crippen LogP contribution in [0.2, 0.25) is 10.0 Å². The average Bonchev–Trinajstić information content (AvgIpc) is 2.64. The summed E-state index contributed by atoms with van der Waals surface area (Å²) in [7, 11) is 0. The molecule has 2 aromatic rings. The molecule has 0 aliphatic heterocycles. The van der Waals surface area contributed by atoms with Gasteiger partial charge in [-0.1, -0.05) is 37.0 Å². The van der Waals surface area contributed by atoms with E-state index in [0.717, 1.165) is 17.0 Å². The molecule has 0 atom stereocenters. The number of carbonyl (C=O) groups is 1. The van der Waals surface area contributed by atoms with E-state index in [4.69, 9.17) is 23.2 Å². The number of aromatic nitrogens is 2. The van der Waals surface area contributed by atoms with Crippen molar-refractivity contribution in [3.8, 4) is 0 Å². The van der Waals surface area contributed by atoms with Crippen molar-refractivity contribution in [3.63, 3.8) is 0 Å². The van der Waals surface area contributed by atoms with E-state index in [1.165, 1.54) is 4.68 Å². The minimum Gasteiger partial charge on any atom is -0.267 e. The second kappa shape index (κ2) is 5.58. The lowest BCUT2D eigenvalue weighted by Gasteiger charge is -2.08. The fourth-order valence-electron chi connectivity index (χ4n) is 2.47. The van der Waals surface area contributed by atoms with Gasteiger partial charge in [0.15, 0.2) is 0 Å². The highest BCUT2D eigenvalue weighted by Gasteiger charge is 2.21. The fraction of sp³-hybridized carbons (Fsp3) is 0.333. The van der Waals surface area contributed by atoms with Crippen LogP contribution in [-0.2, 0) is 0 Å². The van der Waals surface area contributed by atoms with Gasteiger partial charge in [-0.15, -0.1) is 0 Å². The van der Waals surface area contributed by atoms with Crippen molar-refractivity contribution in [2.45, 2.75) is 33.6 Å². The smallest absolute Gasteiger partial charge is 0.267 e. The Balaban J connectivity index is 2.52. The van der Waals surface area contributed by atoms with E-state index in [-0.39, 0.29) is 5.91 Å². The number of hydrogen-bond acceptors (Lipinski definition) is 2. The summed E-state index contributed by atoms with van der Waals surface area (Å²) >= 11 is 11.9. The van der Waals surface area contributed by atoms with Gasteiger partial charge >= 0.3 is 0 Å². The van der Waals surface area contributed by atoms with Crippen LogP contribution < -0.4 is 0 Å². The monoisotopic (exact) mass is 310 g/mol. The minimum atomic E-state index is -0.237. The van der Waals surface area contributed by atoms with Gasteiger partial charge in [0.25, 0.3) is 5.91 Å². The molecular weight excluding hydrogens is 295 g/mol. The molecule has 3 nitrogen and oxygen atoms in total. The molecule has 1 aromatic heterocycles. The van der Waals surface area contributed by atoms with E-state index < -0.39 is 0 Å². The standard InChI is InChI=1S/C15H16Cl2N2O/c1-8(2)14-9(3)18-19(10(14)4)15(20)12-6-5-11(16)7-13(12)17/h5-8H,1-4H3. The molecule has 0 saturated carbocycles. The molecule has 2 rings (SSSR count). The van der Waals surface area contributed by atoms with Gasteiger partial charge in [0.2, 0.25) is 0 Å². The third kappa shape index (κ3) is 2.60. The maximum absolute atomic E-state index is 12.6. The Morgan fingerprint density at radius 1 is 1.25 bits per heavy atom. The molecule has 0 amide bonds. The van der Waals surface area contributed by atoms with Gasteiger partial charge in [0.1, 0.15) is 0 Å². The Labute approximate surface area is 128 Å². The number of halogens is 2. The lowest BCUT2D eigenvalue weighted by atomic mass is 10.0. The van der Waals surface area contributed by atoms with Crippen LogP contribution in [0.25, 0.3) is 0 Å². The molecule has 1 aromatic carbocycles. The Morgan fingerprint density at radius 2 is 1.90 bits per heavy atom. The summed E-state index contributed by atoms with van der Waals surface area (Å²) in [6.07, 6.45) is 0. The summed E-state index contributed by atoms with van der Waals surface area (Å²) in [5, 5.41) is 5.18. The number of rotatable bonds is 2. The van der Waals surface area contributed by atoms with Crippen LogP contribution in [0.5, 0.6) is 0 Å². The number of nitrogens with zero attached hydrogens (tertiary/aromatic N) is 2. The topological polar surface area (TPSA) is 34.9 Å². The molecule has 20 heavy (non-hydrogen) atoms. The van der Waals surface area contributed by atoms with E-state index in [0.29, 0.717) is 21.5 Å². The van der Waals surface area contributed by atoms with Crippen LogP contribution in [0.15, 0.2) is 18.2 Å². The minimum absolute atomic E-state index is 0.237. The summed E-state index contributed by atoms with van der Waals surface area (Å²) in [5.74, 6) is 0.0800. The second-order valence-corrected chi connectivity index (χ2v) is 5.92. The normalized spacial score (nSPS) is 11.2. The van der Waals surface area contributed by atoms with Gasteiger partial charge in [-0.3, -0.25) is 4.79 Å². The molecule has 0 saturated heterocycles. The largest absolute Gasteiger partial charge is 0.279 e. The van der Waals surface area contributed by atoms with Gasteiger partial charge in [-0.25, -0.2) is 4.68 Å². The molecular formula is C15H16Cl2N2O. The summed E-state index contributed by atoms with van der Waals surface area (Å²) in [5.41, 5.74) is 3.23. The first-order chi connectivity index (χ1) is 9.32. The second-order valence-electron chi connectivity index (χ2n) is 5.08. The third-order valence-corrected chi connectivity index (χ3v) is 3.83. The van der Waals surface area contributed by atoms with E-state index in [1.54, 1.807) is 18.2 Å². The summed E-state index contributed by atoms with van der Waals surface area (Å²) < 4.78 is 1.42. The van der Waals surface area contributed by atoms with E-state index >= 15 is 0 Å². The van der Waals surface area contributed by atoms with Crippen molar-refractivity contribution >= 4 is 29.1 Å². The van der Waals surface area contributed by atoms with Crippen molar-refractivity contribution in [1.29, 1.82) is 0 Å². The Hall–Kier alpha value is -1.32. The van der Waals surface area contributed by atoms with Gasteiger partial charge in [-0.2, -0.15) is 5.10 Å². The SMILES string of the molecule is Cc1nn(C(=O)c2ccc(Cl)cc2Cl)c(C)c1C(C)C. The predicted molar refractivity (Wildman–Crippen MR) is 82.0 cm³/mol. The fourth-order valence-corrected chi connectivity index (χ4v) is 2.95. The first-order valence-electron chi connectivity index (χ1n) is 6.38. The van der Waals surface area contributed by atoms with Gasteiger partial charge in [0.05, 0.1) is 16.3 Å². The van der Waals surface area contributed by atoms with Gasteiger partial charge in [-0.05, 0) is 43.5 Å². The van der Waals surface area contributed by atoms with E-state index in [2.05, 4.69) is 18.9 Å². The van der Waals surface area contributed by atoms with Crippen molar-refractivity contribution in [3.05, 3.63) is 50.8 Å². The van der Waals surface area contributed by atoms with Gasteiger partial charge in [0, 0.05) is 10.7 Å². The molecule has 0 fully saturated rings. The van der Waals surface area contributed by atoms with Crippen molar-refractivity contribution in [2.75, 3.05) is 0 Å². The lowest BCUT2D eigenvalue weighted by molar-refractivity contribution is 0.0942. The lowest BCUT2D eigenvalue weighted by Crippen LogP contribution is -2.16. The number of benzene rings is 1. The van der Waals surface area contributed by atoms with Crippen molar-refractivity contribution < 1.29 is 4.79 Å². The first-order valence-corrected chi connectivity index (χ1v) is 7.14. The van der Waals surface area contributed by atoms with Crippen LogP contribution >= 0.6 is 23.2 Å². The Kier molecular flexibility index (Phi) is 4.21. The molecule has 0 unspecified atom stereocenters. The number of carbonyl (C=O) groups excluding carboxylic acids is 1. The maximum Gasteiger partial charge on any atom is 0.279 e. The first kappa shape index (κ1) is 15.1. The summed E-state index contributed by atoms with van der Waals surface area (Å²) in [6.45, 7) is 7.98. The zero-order valence-electron chi connectivity index (χ0n) is 11.9. The predicted octanol–water partition coefficient (Wildman–Crippen LogP) is 4.62. The molecule has 0 radical (unpaired) electrons. The van der Waals surface area contributed by atoms with E-state index in [9.17, 15) is 4.79 Å². The highest BCUT2D eigenvalue weighted by Crippen LogP contribution is 2.26. The maximum atomic E-state index is 12.6. The molecule has 0 spiro atoms. The van der Waals surface area contributed by atoms with Gasteiger partial charge < -0.3 is 0 Å². The summed E-state index contributed by atoms with van der Waals surface area (Å²) in [4.78, 5) is 12.6. The Bertz CT molecular complexity index is 675.